The Labute approximate surface area is 145 Å². The molecule has 0 aliphatic carbocycles. The summed E-state index contributed by atoms with van der Waals surface area (Å²) in [6, 6.07) is 4.15. The van der Waals surface area contributed by atoms with E-state index in [0.717, 1.165) is 6.54 Å². The van der Waals surface area contributed by atoms with Gasteiger partial charge in [-0.25, -0.2) is 0 Å². The number of amides is 1. The lowest BCUT2D eigenvalue weighted by Gasteiger charge is -2.30. The highest BCUT2D eigenvalue weighted by Gasteiger charge is 2.18. The average Bonchev–Trinajstić information content (AvgIpc) is 2.56. The molecule has 0 bridgehead atoms. The number of carbonyl (C=O) groups excluding carboxylic acids is 1. The fraction of sp³-hybridized carbons (Fsp3) is 0.611. The number of methoxy groups -OCH3 is 3. The molecule has 0 saturated heterocycles. The number of nitrogens with one attached hydrogen (secondary N) is 1. The van der Waals surface area contributed by atoms with E-state index >= 15 is 0 Å². The first-order chi connectivity index (χ1) is 11.3. The van der Waals surface area contributed by atoms with Crippen LogP contribution in [0, 0.1) is 0 Å². The van der Waals surface area contributed by atoms with E-state index in [2.05, 4.69) is 37.9 Å². The van der Waals surface area contributed by atoms with E-state index in [4.69, 9.17) is 14.2 Å². The summed E-state index contributed by atoms with van der Waals surface area (Å²) in [5.74, 6) is 1.28. The van der Waals surface area contributed by atoms with Gasteiger partial charge in [-0.15, -0.1) is 0 Å². The van der Waals surface area contributed by atoms with Crippen molar-refractivity contribution in [1.29, 1.82) is 0 Å². The van der Waals surface area contributed by atoms with Crippen LogP contribution < -0.4 is 19.5 Å². The summed E-state index contributed by atoms with van der Waals surface area (Å²) in [7, 11) is 4.61. The second kappa shape index (κ2) is 9.37. The highest BCUT2D eigenvalue weighted by atomic mass is 16.5. The fourth-order valence-electron chi connectivity index (χ4n) is 2.71. The SMILES string of the molecule is COc1cc(OC)c(C(=O)NCCN(C(C)C)C(C)C)cc1OC. The molecule has 136 valence electrons. The van der Waals surface area contributed by atoms with Crippen molar-refractivity contribution in [3.05, 3.63) is 17.7 Å². The van der Waals surface area contributed by atoms with E-state index in [1.165, 1.54) is 14.2 Å². The predicted molar refractivity (Wildman–Crippen MR) is 95.4 cm³/mol. The van der Waals surface area contributed by atoms with E-state index in [-0.39, 0.29) is 5.91 Å². The smallest absolute Gasteiger partial charge is 0.255 e. The van der Waals surface area contributed by atoms with Crippen molar-refractivity contribution in [3.8, 4) is 17.2 Å². The summed E-state index contributed by atoms with van der Waals surface area (Å²) in [4.78, 5) is 14.8. The molecule has 0 saturated carbocycles. The number of hydrogen-bond acceptors (Lipinski definition) is 5. The number of nitrogens with zero attached hydrogens (tertiary/aromatic N) is 1. The van der Waals surface area contributed by atoms with Gasteiger partial charge in [0.2, 0.25) is 0 Å². The molecular formula is C18H30N2O4. The third-order valence-corrected chi connectivity index (χ3v) is 3.93. The van der Waals surface area contributed by atoms with Gasteiger partial charge in [-0.1, -0.05) is 0 Å². The molecule has 0 unspecified atom stereocenters. The van der Waals surface area contributed by atoms with E-state index < -0.39 is 0 Å². The normalized spacial score (nSPS) is 11.1. The molecule has 6 nitrogen and oxygen atoms in total. The van der Waals surface area contributed by atoms with Gasteiger partial charge >= 0.3 is 0 Å². The van der Waals surface area contributed by atoms with Gasteiger partial charge in [-0.3, -0.25) is 9.69 Å². The van der Waals surface area contributed by atoms with Crippen molar-refractivity contribution in [2.45, 2.75) is 39.8 Å². The number of carbonyl (C=O) groups is 1. The van der Waals surface area contributed by atoms with Crippen molar-refractivity contribution in [2.24, 2.45) is 0 Å². The van der Waals surface area contributed by atoms with Gasteiger partial charge < -0.3 is 19.5 Å². The van der Waals surface area contributed by atoms with Crippen LogP contribution in [-0.2, 0) is 0 Å². The summed E-state index contributed by atoms with van der Waals surface area (Å²) >= 11 is 0. The molecule has 1 aromatic carbocycles. The largest absolute Gasteiger partial charge is 0.496 e. The van der Waals surface area contributed by atoms with Crippen LogP contribution in [0.3, 0.4) is 0 Å². The molecule has 0 atom stereocenters. The van der Waals surface area contributed by atoms with Crippen LogP contribution in [0.4, 0.5) is 0 Å². The first-order valence-electron chi connectivity index (χ1n) is 8.19. The highest BCUT2D eigenvalue weighted by molar-refractivity contribution is 5.97. The second-order valence-electron chi connectivity index (χ2n) is 6.09. The topological polar surface area (TPSA) is 60.0 Å². The number of benzene rings is 1. The summed E-state index contributed by atoms with van der Waals surface area (Å²) < 4.78 is 15.8. The van der Waals surface area contributed by atoms with E-state index in [1.807, 2.05) is 0 Å². The van der Waals surface area contributed by atoms with Crippen LogP contribution in [0.5, 0.6) is 17.2 Å². The maximum atomic E-state index is 12.5. The molecule has 0 aromatic heterocycles. The summed E-state index contributed by atoms with van der Waals surface area (Å²) in [5.41, 5.74) is 0.427. The monoisotopic (exact) mass is 338 g/mol. The minimum atomic E-state index is -0.194. The zero-order chi connectivity index (χ0) is 18.3. The van der Waals surface area contributed by atoms with Gasteiger partial charge in [0.15, 0.2) is 11.5 Å². The Hall–Kier alpha value is -1.95. The first-order valence-corrected chi connectivity index (χ1v) is 8.19. The zero-order valence-electron chi connectivity index (χ0n) is 15.8. The molecule has 1 aromatic rings. The number of rotatable bonds is 9. The molecule has 0 fully saturated rings. The van der Waals surface area contributed by atoms with Gasteiger partial charge in [0.25, 0.3) is 5.91 Å². The summed E-state index contributed by atoms with van der Waals surface area (Å²) in [6.45, 7) is 9.96. The van der Waals surface area contributed by atoms with E-state index in [9.17, 15) is 4.79 Å². The molecule has 6 heteroatoms. The Balaban J connectivity index is 2.84. The molecular weight excluding hydrogens is 308 g/mol. The van der Waals surface area contributed by atoms with Crippen molar-refractivity contribution in [3.63, 3.8) is 0 Å². The van der Waals surface area contributed by atoms with Crippen molar-refractivity contribution in [2.75, 3.05) is 34.4 Å². The van der Waals surface area contributed by atoms with Gasteiger partial charge in [0.1, 0.15) is 5.75 Å². The second-order valence-corrected chi connectivity index (χ2v) is 6.09. The van der Waals surface area contributed by atoms with Gasteiger partial charge in [0.05, 0.1) is 26.9 Å². The molecule has 0 radical (unpaired) electrons. The average molecular weight is 338 g/mol. The lowest BCUT2D eigenvalue weighted by Crippen LogP contribution is -2.42. The molecule has 1 amide bonds. The highest BCUT2D eigenvalue weighted by Crippen LogP contribution is 2.34. The first kappa shape index (κ1) is 20.1. The fourth-order valence-corrected chi connectivity index (χ4v) is 2.71. The van der Waals surface area contributed by atoms with Gasteiger partial charge in [0, 0.05) is 37.3 Å². The van der Waals surface area contributed by atoms with E-state index in [1.54, 1.807) is 19.2 Å². The lowest BCUT2D eigenvalue weighted by molar-refractivity contribution is 0.0936. The van der Waals surface area contributed by atoms with Gasteiger partial charge in [-0.05, 0) is 27.7 Å². The molecule has 1 N–H and O–H groups in total. The summed E-state index contributed by atoms with van der Waals surface area (Å²) in [5, 5.41) is 2.95. The Morgan fingerprint density at radius 2 is 1.46 bits per heavy atom. The third-order valence-electron chi connectivity index (χ3n) is 3.93. The molecule has 0 aliphatic rings. The van der Waals surface area contributed by atoms with Crippen LogP contribution in [0.1, 0.15) is 38.1 Å². The maximum Gasteiger partial charge on any atom is 0.255 e. The molecule has 1 rings (SSSR count). The number of ether oxygens (including phenoxy) is 3. The standard InChI is InChI=1S/C18H30N2O4/c1-12(2)20(13(3)4)9-8-19-18(21)14-10-16(23-6)17(24-7)11-15(14)22-5/h10-13H,8-9H2,1-7H3,(H,19,21). The minimum absolute atomic E-state index is 0.194. The molecule has 24 heavy (non-hydrogen) atoms. The Morgan fingerprint density at radius 1 is 0.958 bits per heavy atom. The van der Waals surface area contributed by atoms with Crippen molar-refractivity contribution < 1.29 is 19.0 Å². The molecule has 0 spiro atoms. The van der Waals surface area contributed by atoms with E-state index in [0.29, 0.717) is 41.4 Å². The van der Waals surface area contributed by atoms with Crippen LogP contribution in [0.2, 0.25) is 0 Å². The quantitative estimate of drug-likeness (QED) is 0.750. The maximum absolute atomic E-state index is 12.5. The number of hydrogen-bond donors (Lipinski definition) is 1. The van der Waals surface area contributed by atoms with Crippen molar-refractivity contribution in [1.82, 2.24) is 10.2 Å². The van der Waals surface area contributed by atoms with Gasteiger partial charge in [-0.2, -0.15) is 0 Å². The van der Waals surface area contributed by atoms with Crippen molar-refractivity contribution >= 4 is 5.91 Å². The van der Waals surface area contributed by atoms with Crippen LogP contribution in [0.15, 0.2) is 12.1 Å². The summed E-state index contributed by atoms with van der Waals surface area (Å²) in [6.07, 6.45) is 0. The van der Waals surface area contributed by atoms with Crippen LogP contribution >= 0.6 is 0 Å². The van der Waals surface area contributed by atoms with Crippen LogP contribution in [-0.4, -0.2) is 57.3 Å². The van der Waals surface area contributed by atoms with Crippen LogP contribution in [0.25, 0.3) is 0 Å². The Morgan fingerprint density at radius 3 is 1.92 bits per heavy atom. The zero-order valence-corrected chi connectivity index (χ0v) is 15.8. The third kappa shape index (κ3) is 5.03. The molecule has 0 heterocycles. The minimum Gasteiger partial charge on any atom is -0.496 e. The Kier molecular flexibility index (Phi) is 7.85. The predicted octanol–water partition coefficient (Wildman–Crippen LogP) is 2.56. The Bertz CT molecular complexity index is 536. The molecule has 0 aliphatic heterocycles. The lowest BCUT2D eigenvalue weighted by atomic mass is 10.1.